The van der Waals surface area contributed by atoms with Crippen LogP contribution in [0.15, 0.2) is 36.5 Å². The van der Waals surface area contributed by atoms with Gasteiger partial charge in [0.2, 0.25) is 0 Å². The molecule has 1 saturated heterocycles. The van der Waals surface area contributed by atoms with Crippen molar-refractivity contribution in [1.29, 1.82) is 5.41 Å². The molecule has 1 aliphatic heterocycles. The van der Waals surface area contributed by atoms with E-state index >= 15 is 0 Å². The van der Waals surface area contributed by atoms with Gasteiger partial charge in [-0.25, -0.2) is 4.98 Å². The van der Waals surface area contributed by atoms with Crippen LogP contribution in [0.4, 0.5) is 11.5 Å². The van der Waals surface area contributed by atoms with Crippen LogP contribution >= 0.6 is 0 Å². The molecule has 3 rings (SSSR count). The van der Waals surface area contributed by atoms with Crippen molar-refractivity contribution < 1.29 is 12.3 Å². The molecular formula is C20H30N4O2. The summed E-state index contributed by atoms with van der Waals surface area (Å²) in [5.41, 5.74) is 8.40. The second kappa shape index (κ2) is 8.19. The summed E-state index contributed by atoms with van der Waals surface area (Å²) in [6.07, 6.45) is 4.18. The number of nitrogens with two attached hydrogens (primary N) is 1. The lowest BCUT2D eigenvalue weighted by Crippen LogP contribution is -2.19. The van der Waals surface area contributed by atoms with Crippen molar-refractivity contribution in [3.63, 3.8) is 0 Å². The van der Waals surface area contributed by atoms with Gasteiger partial charge in [-0.05, 0) is 57.0 Å². The van der Waals surface area contributed by atoms with Crippen LogP contribution in [-0.4, -0.2) is 36.1 Å². The Morgan fingerprint density at radius 3 is 3.00 bits per heavy atom. The molecular weight excluding hydrogens is 328 g/mol. The van der Waals surface area contributed by atoms with Crippen molar-refractivity contribution in [3.8, 4) is 5.75 Å². The Balaban J connectivity index is 0.00000196. The van der Waals surface area contributed by atoms with E-state index < -0.39 is 0 Å². The summed E-state index contributed by atoms with van der Waals surface area (Å²) in [6, 6.07) is 9.10. The van der Waals surface area contributed by atoms with E-state index in [9.17, 15) is 0 Å². The third-order valence-corrected chi connectivity index (χ3v) is 4.25. The van der Waals surface area contributed by atoms with E-state index in [1.807, 2.05) is 38.1 Å². The van der Waals surface area contributed by atoms with Crippen LogP contribution in [0, 0.1) is 5.41 Å². The van der Waals surface area contributed by atoms with E-state index in [0.717, 1.165) is 37.4 Å². The summed E-state index contributed by atoms with van der Waals surface area (Å²) in [5, 5.41) is 11.9. The number of anilines is 2. The first-order valence-corrected chi connectivity index (χ1v) is 9.00. The zero-order valence-electron chi connectivity index (χ0n) is 15.3. The molecule has 0 spiro atoms. The molecule has 0 bridgehead atoms. The zero-order valence-corrected chi connectivity index (χ0v) is 15.3. The Kier molecular flexibility index (Phi) is 5.73. The normalized spacial score (nSPS) is 16.7. The quantitative estimate of drug-likeness (QED) is 0.515. The molecule has 4 N–H and O–H groups in total. The van der Waals surface area contributed by atoms with Gasteiger partial charge in [0, 0.05) is 39.0 Å². The Morgan fingerprint density at radius 2 is 2.27 bits per heavy atom. The van der Waals surface area contributed by atoms with Crippen molar-refractivity contribution in [2.75, 3.05) is 24.2 Å². The summed E-state index contributed by atoms with van der Waals surface area (Å²) in [7, 11) is 0. The van der Waals surface area contributed by atoms with Gasteiger partial charge in [-0.1, -0.05) is 0 Å². The Hall–Kier alpha value is -2.60. The molecule has 1 aliphatic rings. The number of pyridine rings is 1. The van der Waals surface area contributed by atoms with E-state index in [-0.39, 0.29) is 15.1 Å². The number of nitrogens with zero attached hydrogens (tertiary/aromatic N) is 1. The summed E-state index contributed by atoms with van der Waals surface area (Å²) in [5.74, 6) is 1.44. The molecule has 0 amide bonds. The number of hydrogen-bond donors (Lipinski definition) is 3. The third kappa shape index (κ3) is 4.52. The van der Waals surface area contributed by atoms with Gasteiger partial charge in [-0.15, -0.1) is 0 Å². The standard InChI is InChI=1S/C20H26N4O2.2H2/c1-13(2)26-15-5-6-18(21)17(11-15)20(22)14-7-8-23-19(10-14)24-12-16-4-3-9-25-16;;/h5-8,10-11,13,16,22H,3-4,9,12,21H2,1-2H3,(H,23,24);2*1H. The van der Waals surface area contributed by atoms with Gasteiger partial charge in [0.05, 0.1) is 17.9 Å². The fourth-order valence-electron chi connectivity index (χ4n) is 2.96. The predicted molar refractivity (Wildman–Crippen MR) is 108 cm³/mol. The minimum absolute atomic E-state index is 0. The van der Waals surface area contributed by atoms with Gasteiger partial charge in [0.15, 0.2) is 0 Å². The van der Waals surface area contributed by atoms with Crippen molar-refractivity contribution in [2.45, 2.75) is 38.9 Å². The van der Waals surface area contributed by atoms with Gasteiger partial charge >= 0.3 is 0 Å². The summed E-state index contributed by atoms with van der Waals surface area (Å²) < 4.78 is 11.3. The average Bonchev–Trinajstić information content (AvgIpc) is 3.14. The van der Waals surface area contributed by atoms with Gasteiger partial charge in [0.25, 0.3) is 0 Å². The molecule has 6 heteroatoms. The Labute approximate surface area is 157 Å². The van der Waals surface area contributed by atoms with Gasteiger partial charge in [0.1, 0.15) is 11.6 Å². The first kappa shape index (κ1) is 18.2. The van der Waals surface area contributed by atoms with Gasteiger partial charge < -0.3 is 20.5 Å². The van der Waals surface area contributed by atoms with Crippen LogP contribution < -0.4 is 15.8 Å². The molecule has 6 nitrogen and oxygen atoms in total. The number of aromatic nitrogens is 1. The molecule has 142 valence electrons. The van der Waals surface area contributed by atoms with Crippen molar-refractivity contribution in [1.82, 2.24) is 4.98 Å². The van der Waals surface area contributed by atoms with Gasteiger partial charge in [-0.3, -0.25) is 5.41 Å². The minimum Gasteiger partial charge on any atom is -0.491 e. The first-order chi connectivity index (χ1) is 12.5. The molecule has 2 heterocycles. The summed E-state index contributed by atoms with van der Waals surface area (Å²) in [4.78, 5) is 4.34. The lowest BCUT2D eigenvalue weighted by Gasteiger charge is -2.14. The molecule has 0 saturated carbocycles. The van der Waals surface area contributed by atoms with E-state index in [0.29, 0.717) is 22.7 Å². The van der Waals surface area contributed by atoms with Crippen LogP contribution in [0.2, 0.25) is 0 Å². The maximum atomic E-state index is 8.57. The molecule has 26 heavy (non-hydrogen) atoms. The molecule has 0 aliphatic carbocycles. The van der Waals surface area contributed by atoms with E-state index in [1.54, 1.807) is 12.3 Å². The van der Waals surface area contributed by atoms with Crippen LogP contribution in [0.3, 0.4) is 0 Å². The van der Waals surface area contributed by atoms with Crippen LogP contribution in [0.5, 0.6) is 5.75 Å². The Bertz CT molecular complexity index is 781. The van der Waals surface area contributed by atoms with Crippen LogP contribution in [0.25, 0.3) is 0 Å². The highest BCUT2D eigenvalue weighted by molar-refractivity contribution is 6.14. The maximum absolute atomic E-state index is 8.57. The van der Waals surface area contributed by atoms with Gasteiger partial charge in [-0.2, -0.15) is 0 Å². The first-order valence-electron chi connectivity index (χ1n) is 9.00. The summed E-state index contributed by atoms with van der Waals surface area (Å²) >= 11 is 0. The predicted octanol–water partition coefficient (Wildman–Crippen LogP) is 3.95. The lowest BCUT2D eigenvalue weighted by molar-refractivity contribution is 0.120. The number of ether oxygens (including phenoxy) is 2. The third-order valence-electron chi connectivity index (χ3n) is 4.25. The number of benzene rings is 1. The lowest BCUT2D eigenvalue weighted by atomic mass is 10.0. The highest BCUT2D eigenvalue weighted by atomic mass is 16.5. The van der Waals surface area contributed by atoms with Crippen molar-refractivity contribution in [3.05, 3.63) is 47.7 Å². The van der Waals surface area contributed by atoms with Crippen molar-refractivity contribution in [2.24, 2.45) is 0 Å². The highest BCUT2D eigenvalue weighted by Gasteiger charge is 2.16. The fraction of sp³-hybridized carbons (Fsp3) is 0.400. The second-order valence-electron chi connectivity index (χ2n) is 6.74. The molecule has 1 unspecified atom stereocenters. The highest BCUT2D eigenvalue weighted by Crippen LogP contribution is 2.24. The van der Waals surface area contributed by atoms with E-state index in [4.69, 9.17) is 20.6 Å². The average molecular weight is 358 g/mol. The van der Waals surface area contributed by atoms with E-state index in [2.05, 4.69) is 10.3 Å². The molecule has 0 radical (unpaired) electrons. The molecule has 1 atom stereocenters. The molecule has 1 aromatic carbocycles. The monoisotopic (exact) mass is 358 g/mol. The molecule has 2 aromatic rings. The van der Waals surface area contributed by atoms with Crippen LogP contribution in [0.1, 0.15) is 40.7 Å². The molecule has 1 fully saturated rings. The smallest absolute Gasteiger partial charge is 0.126 e. The number of hydrogen-bond acceptors (Lipinski definition) is 6. The Morgan fingerprint density at radius 1 is 1.42 bits per heavy atom. The van der Waals surface area contributed by atoms with Crippen LogP contribution in [-0.2, 0) is 4.74 Å². The second-order valence-corrected chi connectivity index (χ2v) is 6.74. The zero-order chi connectivity index (χ0) is 18.5. The minimum atomic E-state index is 0. The SMILES string of the molecule is CC(C)Oc1ccc(N)c(C(=N)c2ccnc(NCC3CCCO3)c2)c1.[HH].[HH]. The summed E-state index contributed by atoms with van der Waals surface area (Å²) in [6.45, 7) is 5.49. The topological polar surface area (TPSA) is 93.3 Å². The van der Waals surface area contributed by atoms with E-state index in [1.165, 1.54) is 0 Å². The maximum Gasteiger partial charge on any atom is 0.126 e. The molecule has 1 aromatic heterocycles. The van der Waals surface area contributed by atoms with Crippen molar-refractivity contribution >= 4 is 17.2 Å². The largest absolute Gasteiger partial charge is 0.491 e. The number of rotatable bonds is 7. The number of nitrogen functional groups attached to an aromatic ring is 1. The number of nitrogens with one attached hydrogen (secondary N) is 2. The fourth-order valence-corrected chi connectivity index (χ4v) is 2.96.